The molecule has 1 heterocycles. The molecule has 0 radical (unpaired) electrons. The van der Waals surface area contributed by atoms with Crippen LogP contribution in [0.1, 0.15) is 12.8 Å². The minimum Gasteiger partial charge on any atom is -0.316 e. The Kier molecular flexibility index (Phi) is 5.17. The van der Waals surface area contributed by atoms with Gasteiger partial charge in [-0.15, -0.1) is 0 Å². The number of sulfonamides is 1. The molecule has 1 N–H and O–H groups in total. The van der Waals surface area contributed by atoms with Crippen LogP contribution in [0, 0.1) is 11.7 Å². The van der Waals surface area contributed by atoms with E-state index in [1.165, 1.54) is 16.4 Å². The maximum atomic E-state index is 13.5. The normalized spacial score (nSPS) is 20.3. The summed E-state index contributed by atoms with van der Waals surface area (Å²) < 4.78 is 39.9. The van der Waals surface area contributed by atoms with Crippen molar-refractivity contribution in [3.8, 4) is 0 Å². The molecular formula is C13H18BrFN2O2S. The van der Waals surface area contributed by atoms with Crippen LogP contribution in [0.3, 0.4) is 0 Å². The highest BCUT2D eigenvalue weighted by Gasteiger charge is 2.25. The third kappa shape index (κ3) is 3.58. The van der Waals surface area contributed by atoms with E-state index < -0.39 is 15.8 Å². The lowest BCUT2D eigenvalue weighted by molar-refractivity contribution is 0.314. The van der Waals surface area contributed by atoms with Crippen LogP contribution in [0.4, 0.5) is 4.39 Å². The largest absolute Gasteiger partial charge is 0.316 e. The average molecular weight is 365 g/mol. The summed E-state index contributed by atoms with van der Waals surface area (Å²) in [5.41, 5.74) is 0. The number of hydrogen-bond acceptors (Lipinski definition) is 3. The topological polar surface area (TPSA) is 49.4 Å². The first-order valence-electron chi connectivity index (χ1n) is 6.53. The molecule has 0 bridgehead atoms. The zero-order valence-corrected chi connectivity index (χ0v) is 13.7. The van der Waals surface area contributed by atoms with Crippen LogP contribution in [0.2, 0.25) is 0 Å². The summed E-state index contributed by atoms with van der Waals surface area (Å²) in [4.78, 5) is -0.00975. The van der Waals surface area contributed by atoms with Crippen LogP contribution in [0.25, 0.3) is 0 Å². The van der Waals surface area contributed by atoms with E-state index in [1.54, 1.807) is 7.05 Å². The number of nitrogens with one attached hydrogen (secondary N) is 1. The standard InChI is InChI=1S/C13H18BrFN2O2S/c1-17(9-10-3-2-6-16-8-10)20(18,19)11-4-5-12(14)13(15)7-11/h4-5,7,10,16H,2-3,6,8-9H2,1H3. The second kappa shape index (κ2) is 6.51. The van der Waals surface area contributed by atoms with Crippen molar-refractivity contribution in [2.45, 2.75) is 17.7 Å². The van der Waals surface area contributed by atoms with Gasteiger partial charge in [-0.3, -0.25) is 0 Å². The van der Waals surface area contributed by atoms with Gasteiger partial charge < -0.3 is 5.32 Å². The van der Waals surface area contributed by atoms with Crippen LogP contribution in [0.15, 0.2) is 27.6 Å². The van der Waals surface area contributed by atoms with Gasteiger partial charge in [0.05, 0.1) is 9.37 Å². The van der Waals surface area contributed by atoms with Crippen molar-refractivity contribution in [1.29, 1.82) is 0 Å². The van der Waals surface area contributed by atoms with Crippen LogP contribution in [-0.2, 0) is 10.0 Å². The van der Waals surface area contributed by atoms with Gasteiger partial charge in [0.2, 0.25) is 10.0 Å². The number of nitrogens with zero attached hydrogens (tertiary/aromatic N) is 1. The number of piperidine rings is 1. The third-order valence-corrected chi connectivity index (χ3v) is 5.98. The monoisotopic (exact) mass is 364 g/mol. The third-order valence-electron chi connectivity index (χ3n) is 3.51. The number of halogens is 2. The zero-order chi connectivity index (χ0) is 14.8. The summed E-state index contributed by atoms with van der Waals surface area (Å²) in [6.45, 7) is 2.27. The number of rotatable bonds is 4. The SMILES string of the molecule is CN(CC1CCCNC1)S(=O)(=O)c1ccc(Br)c(F)c1. The maximum Gasteiger partial charge on any atom is 0.242 e. The second-order valence-corrected chi connectivity index (χ2v) is 7.97. The molecule has 0 amide bonds. The highest BCUT2D eigenvalue weighted by atomic mass is 79.9. The molecule has 1 aliphatic rings. The van der Waals surface area contributed by atoms with E-state index in [1.807, 2.05) is 0 Å². The molecule has 1 saturated heterocycles. The van der Waals surface area contributed by atoms with Crippen molar-refractivity contribution >= 4 is 26.0 Å². The lowest BCUT2D eigenvalue weighted by atomic mass is 10.00. The molecular weight excluding hydrogens is 347 g/mol. The Bertz CT molecular complexity index is 574. The van der Waals surface area contributed by atoms with Gasteiger partial charge >= 0.3 is 0 Å². The average Bonchev–Trinajstić information content (AvgIpc) is 2.42. The zero-order valence-electron chi connectivity index (χ0n) is 11.3. The van der Waals surface area contributed by atoms with E-state index in [0.717, 1.165) is 32.0 Å². The van der Waals surface area contributed by atoms with Gasteiger partial charge in [-0.2, -0.15) is 0 Å². The molecule has 2 rings (SSSR count). The van der Waals surface area contributed by atoms with Gasteiger partial charge in [0.1, 0.15) is 5.82 Å². The van der Waals surface area contributed by atoms with Crippen LogP contribution in [0.5, 0.6) is 0 Å². The molecule has 0 aliphatic carbocycles. The van der Waals surface area contributed by atoms with Crippen molar-refractivity contribution < 1.29 is 12.8 Å². The molecule has 1 atom stereocenters. The molecule has 0 aromatic heterocycles. The van der Waals surface area contributed by atoms with Crippen molar-refractivity contribution in [2.24, 2.45) is 5.92 Å². The summed E-state index contributed by atoms with van der Waals surface area (Å²) in [7, 11) is -2.09. The molecule has 7 heteroatoms. The molecule has 1 aromatic carbocycles. The Morgan fingerprint density at radius 3 is 2.85 bits per heavy atom. The number of benzene rings is 1. The predicted octanol–water partition coefficient (Wildman–Crippen LogP) is 2.21. The summed E-state index contributed by atoms with van der Waals surface area (Å²) in [6.07, 6.45) is 2.08. The fourth-order valence-electron chi connectivity index (χ4n) is 2.36. The van der Waals surface area contributed by atoms with E-state index >= 15 is 0 Å². The Morgan fingerprint density at radius 2 is 2.25 bits per heavy atom. The fourth-order valence-corrected chi connectivity index (χ4v) is 3.86. The Morgan fingerprint density at radius 1 is 1.50 bits per heavy atom. The molecule has 4 nitrogen and oxygen atoms in total. The van der Waals surface area contributed by atoms with E-state index in [-0.39, 0.29) is 9.37 Å². The van der Waals surface area contributed by atoms with Gasteiger partial charge in [0.15, 0.2) is 0 Å². The highest BCUT2D eigenvalue weighted by Crippen LogP contribution is 2.22. The molecule has 0 spiro atoms. The molecule has 1 fully saturated rings. The van der Waals surface area contributed by atoms with Crippen molar-refractivity contribution in [3.63, 3.8) is 0 Å². The van der Waals surface area contributed by atoms with Gasteiger partial charge in [-0.1, -0.05) is 0 Å². The van der Waals surface area contributed by atoms with Gasteiger partial charge in [-0.05, 0) is 66.0 Å². The van der Waals surface area contributed by atoms with Gasteiger partial charge in [0.25, 0.3) is 0 Å². The first kappa shape index (κ1) is 15.9. The van der Waals surface area contributed by atoms with E-state index in [9.17, 15) is 12.8 Å². The van der Waals surface area contributed by atoms with Gasteiger partial charge in [-0.25, -0.2) is 17.1 Å². The van der Waals surface area contributed by atoms with Crippen LogP contribution >= 0.6 is 15.9 Å². The second-order valence-electron chi connectivity index (χ2n) is 5.07. The summed E-state index contributed by atoms with van der Waals surface area (Å²) in [6, 6.07) is 3.88. The number of hydrogen-bond donors (Lipinski definition) is 1. The molecule has 1 aliphatic heterocycles. The summed E-state index contributed by atoms with van der Waals surface area (Å²) >= 11 is 3.02. The maximum absolute atomic E-state index is 13.5. The first-order valence-corrected chi connectivity index (χ1v) is 8.76. The minimum atomic E-state index is -3.63. The summed E-state index contributed by atoms with van der Waals surface area (Å²) in [5, 5.41) is 3.26. The van der Waals surface area contributed by atoms with Crippen LogP contribution in [-0.4, -0.2) is 39.4 Å². The van der Waals surface area contributed by atoms with Crippen molar-refractivity contribution in [1.82, 2.24) is 9.62 Å². The molecule has 20 heavy (non-hydrogen) atoms. The van der Waals surface area contributed by atoms with Gasteiger partial charge in [0, 0.05) is 13.6 Å². The van der Waals surface area contributed by atoms with E-state index in [4.69, 9.17) is 0 Å². The quantitative estimate of drug-likeness (QED) is 0.890. The smallest absolute Gasteiger partial charge is 0.242 e. The minimum absolute atomic E-state index is 0.00975. The van der Waals surface area contributed by atoms with Crippen LogP contribution < -0.4 is 5.32 Å². The predicted molar refractivity (Wildman–Crippen MR) is 79.5 cm³/mol. The molecule has 1 unspecified atom stereocenters. The van der Waals surface area contributed by atoms with E-state index in [0.29, 0.717) is 12.5 Å². The van der Waals surface area contributed by atoms with E-state index in [2.05, 4.69) is 21.2 Å². The molecule has 1 aromatic rings. The van der Waals surface area contributed by atoms with Crippen molar-refractivity contribution in [2.75, 3.05) is 26.7 Å². The molecule has 0 saturated carbocycles. The lowest BCUT2D eigenvalue weighted by Crippen LogP contribution is -2.39. The summed E-state index contributed by atoms with van der Waals surface area (Å²) in [5.74, 6) is -0.261. The lowest BCUT2D eigenvalue weighted by Gasteiger charge is -2.27. The Hall–Kier alpha value is -0.500. The Labute approximate surface area is 127 Å². The first-order chi connectivity index (χ1) is 9.41. The highest BCUT2D eigenvalue weighted by molar-refractivity contribution is 9.10. The van der Waals surface area contributed by atoms with Crippen molar-refractivity contribution in [3.05, 3.63) is 28.5 Å². The fraction of sp³-hybridized carbons (Fsp3) is 0.538. The Balaban J connectivity index is 2.13. The molecule has 112 valence electrons.